The molecule has 0 radical (unpaired) electrons. The molecule has 1 aromatic heterocycles. The van der Waals surface area contributed by atoms with E-state index in [4.69, 9.17) is 0 Å². The lowest BCUT2D eigenvalue weighted by Crippen LogP contribution is -2.03. The molecule has 0 atom stereocenters. The molecule has 0 saturated carbocycles. The molecule has 0 spiro atoms. The molecular formula is C17H9F3N2S. The van der Waals surface area contributed by atoms with E-state index >= 15 is 0 Å². The average molecular weight is 330 g/mol. The van der Waals surface area contributed by atoms with Gasteiger partial charge in [-0.15, -0.1) is 11.3 Å². The topological polar surface area (TPSA) is 36.7 Å². The summed E-state index contributed by atoms with van der Waals surface area (Å²) in [6.07, 6.45) is -4.37. The van der Waals surface area contributed by atoms with Crippen LogP contribution in [0.4, 0.5) is 13.2 Å². The van der Waals surface area contributed by atoms with Crippen LogP contribution < -0.4 is 0 Å². The molecule has 0 N–H and O–H groups in total. The van der Waals surface area contributed by atoms with E-state index in [0.717, 1.165) is 17.7 Å². The van der Waals surface area contributed by atoms with Gasteiger partial charge in [0, 0.05) is 11.1 Å². The van der Waals surface area contributed by atoms with Crippen LogP contribution in [-0.4, -0.2) is 4.98 Å². The Morgan fingerprint density at radius 1 is 0.913 bits per heavy atom. The molecule has 0 aliphatic heterocycles. The summed E-state index contributed by atoms with van der Waals surface area (Å²) < 4.78 is 37.8. The highest BCUT2D eigenvalue weighted by Gasteiger charge is 2.30. The molecule has 3 rings (SSSR count). The van der Waals surface area contributed by atoms with Crippen LogP contribution in [0.2, 0.25) is 0 Å². The van der Waals surface area contributed by atoms with Gasteiger partial charge in [0.1, 0.15) is 16.0 Å². The molecule has 0 unspecified atom stereocenters. The smallest absolute Gasteiger partial charge is 0.235 e. The Labute approximate surface area is 134 Å². The van der Waals surface area contributed by atoms with Gasteiger partial charge in [-0.1, -0.05) is 42.5 Å². The third kappa shape index (κ3) is 3.10. The zero-order valence-electron chi connectivity index (χ0n) is 11.6. The van der Waals surface area contributed by atoms with Crippen LogP contribution in [0.3, 0.4) is 0 Å². The lowest BCUT2D eigenvalue weighted by Gasteiger charge is -2.06. The first-order valence-corrected chi connectivity index (χ1v) is 7.44. The number of rotatable bonds is 2. The molecule has 0 amide bonds. The van der Waals surface area contributed by atoms with Gasteiger partial charge < -0.3 is 0 Å². The number of halogens is 3. The average Bonchev–Trinajstić information content (AvgIpc) is 2.99. The van der Waals surface area contributed by atoms with Crippen LogP contribution in [0.15, 0.2) is 54.6 Å². The highest BCUT2D eigenvalue weighted by atomic mass is 32.1. The van der Waals surface area contributed by atoms with Gasteiger partial charge in [-0.2, -0.15) is 18.4 Å². The second kappa shape index (κ2) is 5.86. The van der Waals surface area contributed by atoms with Gasteiger partial charge in [0.05, 0.1) is 11.3 Å². The molecule has 23 heavy (non-hydrogen) atoms. The van der Waals surface area contributed by atoms with Crippen molar-refractivity contribution in [1.29, 1.82) is 5.26 Å². The van der Waals surface area contributed by atoms with E-state index in [0.29, 0.717) is 21.1 Å². The van der Waals surface area contributed by atoms with E-state index in [1.165, 1.54) is 23.5 Å². The third-order valence-electron chi connectivity index (χ3n) is 3.24. The molecular weight excluding hydrogens is 321 g/mol. The number of aromatic nitrogens is 1. The van der Waals surface area contributed by atoms with Gasteiger partial charge in [0.15, 0.2) is 0 Å². The standard InChI is InChI=1S/C17H9F3N2S/c18-17(19,20)13-8-6-12(7-9-13)16-22-15(14(10-21)23-16)11-4-2-1-3-5-11/h1-9H. The second-order valence-electron chi connectivity index (χ2n) is 4.75. The normalized spacial score (nSPS) is 11.2. The number of benzene rings is 2. The minimum absolute atomic E-state index is 0.436. The summed E-state index contributed by atoms with van der Waals surface area (Å²) in [4.78, 5) is 4.86. The predicted octanol–water partition coefficient (Wildman–Crippen LogP) is 5.37. The number of thiazole rings is 1. The van der Waals surface area contributed by atoms with E-state index in [-0.39, 0.29) is 0 Å². The van der Waals surface area contributed by atoms with Crippen LogP contribution in [-0.2, 0) is 6.18 Å². The molecule has 0 fully saturated rings. The molecule has 6 heteroatoms. The number of nitrogens with zero attached hydrogens (tertiary/aromatic N) is 2. The van der Waals surface area contributed by atoms with Gasteiger partial charge in [0.2, 0.25) is 0 Å². The first kappa shape index (κ1) is 15.3. The van der Waals surface area contributed by atoms with Crippen LogP contribution in [0, 0.1) is 11.3 Å². The molecule has 114 valence electrons. The molecule has 0 aliphatic carbocycles. The third-order valence-corrected chi connectivity index (χ3v) is 4.24. The largest absolute Gasteiger partial charge is 0.416 e. The van der Waals surface area contributed by atoms with Gasteiger partial charge in [-0.05, 0) is 12.1 Å². The van der Waals surface area contributed by atoms with Crippen molar-refractivity contribution in [2.24, 2.45) is 0 Å². The number of nitriles is 1. The van der Waals surface area contributed by atoms with Crippen molar-refractivity contribution in [3.63, 3.8) is 0 Å². The van der Waals surface area contributed by atoms with Crippen LogP contribution in [0.5, 0.6) is 0 Å². The molecule has 0 saturated heterocycles. The molecule has 0 bridgehead atoms. The number of hydrogen-bond acceptors (Lipinski definition) is 3. The van der Waals surface area contributed by atoms with Crippen LogP contribution >= 0.6 is 11.3 Å². The summed E-state index contributed by atoms with van der Waals surface area (Å²) in [6, 6.07) is 16.1. The van der Waals surface area contributed by atoms with Crippen LogP contribution in [0.1, 0.15) is 10.4 Å². The fourth-order valence-electron chi connectivity index (χ4n) is 2.11. The van der Waals surface area contributed by atoms with Crippen molar-refractivity contribution in [3.8, 4) is 27.9 Å². The Kier molecular flexibility index (Phi) is 3.89. The summed E-state index contributed by atoms with van der Waals surface area (Å²) in [5.74, 6) is 0. The minimum atomic E-state index is -4.37. The van der Waals surface area contributed by atoms with Gasteiger partial charge in [-0.3, -0.25) is 0 Å². The summed E-state index contributed by atoms with van der Waals surface area (Å²) in [6.45, 7) is 0. The zero-order valence-corrected chi connectivity index (χ0v) is 12.4. The Morgan fingerprint density at radius 2 is 1.57 bits per heavy atom. The quantitative estimate of drug-likeness (QED) is 0.633. The highest BCUT2D eigenvalue weighted by Crippen LogP contribution is 2.35. The maximum absolute atomic E-state index is 12.6. The fourth-order valence-corrected chi connectivity index (χ4v) is 3.00. The minimum Gasteiger partial charge on any atom is -0.235 e. The molecule has 3 aromatic rings. The Hall–Kier alpha value is -2.65. The van der Waals surface area contributed by atoms with E-state index < -0.39 is 11.7 Å². The first-order valence-electron chi connectivity index (χ1n) is 6.63. The SMILES string of the molecule is N#Cc1sc(-c2ccc(C(F)(F)F)cc2)nc1-c1ccccc1. The molecule has 0 aliphatic rings. The van der Waals surface area contributed by atoms with Crippen molar-refractivity contribution >= 4 is 11.3 Å². The van der Waals surface area contributed by atoms with Gasteiger partial charge in [0.25, 0.3) is 0 Å². The maximum atomic E-state index is 12.6. The van der Waals surface area contributed by atoms with E-state index in [2.05, 4.69) is 11.1 Å². The van der Waals surface area contributed by atoms with Gasteiger partial charge in [-0.25, -0.2) is 4.98 Å². The Bertz CT molecular complexity index is 860. The summed E-state index contributed by atoms with van der Waals surface area (Å²) in [5.41, 5.74) is 1.20. The summed E-state index contributed by atoms with van der Waals surface area (Å²) in [5, 5.41) is 9.78. The number of alkyl halides is 3. The zero-order chi connectivity index (χ0) is 16.4. The number of hydrogen-bond donors (Lipinski definition) is 0. The van der Waals surface area contributed by atoms with Crippen molar-refractivity contribution < 1.29 is 13.2 Å². The van der Waals surface area contributed by atoms with E-state index in [9.17, 15) is 18.4 Å². The molecule has 2 aromatic carbocycles. The van der Waals surface area contributed by atoms with Crippen molar-refractivity contribution in [3.05, 3.63) is 65.0 Å². The van der Waals surface area contributed by atoms with E-state index in [1.807, 2.05) is 30.3 Å². The fraction of sp³-hybridized carbons (Fsp3) is 0.0588. The lowest BCUT2D eigenvalue weighted by atomic mass is 10.1. The highest BCUT2D eigenvalue weighted by molar-refractivity contribution is 7.16. The Balaban J connectivity index is 2.02. The lowest BCUT2D eigenvalue weighted by molar-refractivity contribution is -0.137. The van der Waals surface area contributed by atoms with Crippen LogP contribution in [0.25, 0.3) is 21.8 Å². The summed E-state index contributed by atoms with van der Waals surface area (Å²) in [7, 11) is 0. The van der Waals surface area contributed by atoms with Gasteiger partial charge >= 0.3 is 6.18 Å². The summed E-state index contributed by atoms with van der Waals surface area (Å²) >= 11 is 1.17. The molecule has 1 heterocycles. The Morgan fingerprint density at radius 3 is 2.13 bits per heavy atom. The second-order valence-corrected chi connectivity index (χ2v) is 5.75. The van der Waals surface area contributed by atoms with Crippen molar-refractivity contribution in [1.82, 2.24) is 4.98 Å². The molecule has 2 nitrogen and oxygen atoms in total. The first-order chi connectivity index (χ1) is 11.0. The van der Waals surface area contributed by atoms with Crippen molar-refractivity contribution in [2.75, 3.05) is 0 Å². The maximum Gasteiger partial charge on any atom is 0.416 e. The van der Waals surface area contributed by atoms with E-state index in [1.54, 1.807) is 0 Å². The van der Waals surface area contributed by atoms with Crippen molar-refractivity contribution in [2.45, 2.75) is 6.18 Å². The monoisotopic (exact) mass is 330 g/mol. The predicted molar refractivity (Wildman–Crippen MR) is 82.7 cm³/mol.